The van der Waals surface area contributed by atoms with E-state index in [0.717, 1.165) is 24.8 Å². The highest BCUT2D eigenvalue weighted by Gasteiger charge is 2.33. The van der Waals surface area contributed by atoms with Gasteiger partial charge >= 0.3 is 0 Å². The first kappa shape index (κ1) is 24.5. The summed E-state index contributed by atoms with van der Waals surface area (Å²) in [6.07, 6.45) is 3.42. The Labute approximate surface area is 171 Å². The third-order valence-corrected chi connectivity index (χ3v) is 4.84. The molecule has 0 unspecified atom stereocenters. The van der Waals surface area contributed by atoms with Crippen LogP contribution >= 0.6 is 0 Å². The van der Waals surface area contributed by atoms with Gasteiger partial charge in [0.2, 0.25) is 0 Å². The van der Waals surface area contributed by atoms with Crippen molar-refractivity contribution in [2.24, 2.45) is 17.1 Å². The highest BCUT2D eigenvalue weighted by atomic mass is 16.1. The molecule has 0 saturated heterocycles. The third-order valence-electron chi connectivity index (χ3n) is 4.84. The molecule has 1 rings (SSSR count). The van der Waals surface area contributed by atoms with Crippen LogP contribution in [-0.4, -0.2) is 29.7 Å². The van der Waals surface area contributed by atoms with E-state index in [4.69, 9.17) is 5.73 Å². The Hall–Kier alpha value is -1.52. The van der Waals surface area contributed by atoms with Crippen LogP contribution in [0.2, 0.25) is 0 Å². The zero-order chi connectivity index (χ0) is 21.4. The summed E-state index contributed by atoms with van der Waals surface area (Å²) in [7, 11) is 0. The van der Waals surface area contributed by atoms with E-state index < -0.39 is 5.41 Å². The molecule has 0 bridgehead atoms. The number of hydrogen-bond donors (Lipinski definition) is 2. The van der Waals surface area contributed by atoms with Crippen LogP contribution in [-0.2, 0) is 16.0 Å². The standard InChI is InChI=1S/C24H40N2O2/c1-23(2,3)22(28)19(14-10-11-15-25)17-21(27)20(26-24(4,5)6)16-18-12-8-7-9-13-18/h7-9,12-13,19-20,26H,10-11,14-17,25H2,1-6H3/t19-,20+/m1/s1. The normalized spacial score (nSPS) is 14.5. The fourth-order valence-electron chi connectivity index (χ4n) is 3.48. The molecule has 0 radical (unpaired) electrons. The molecule has 0 amide bonds. The Kier molecular flexibility index (Phi) is 9.52. The molecule has 0 spiro atoms. The van der Waals surface area contributed by atoms with Gasteiger partial charge in [0.1, 0.15) is 5.78 Å². The lowest BCUT2D eigenvalue weighted by atomic mass is 9.78. The molecular weight excluding hydrogens is 348 g/mol. The van der Waals surface area contributed by atoms with Crippen molar-refractivity contribution in [1.29, 1.82) is 0 Å². The molecule has 0 aliphatic rings. The van der Waals surface area contributed by atoms with Crippen LogP contribution in [0.5, 0.6) is 0 Å². The summed E-state index contributed by atoms with van der Waals surface area (Å²) in [5.41, 5.74) is 6.12. The average molecular weight is 389 g/mol. The molecule has 3 N–H and O–H groups in total. The molecule has 0 saturated carbocycles. The number of rotatable bonds is 11. The van der Waals surface area contributed by atoms with Crippen LogP contribution in [0.15, 0.2) is 30.3 Å². The van der Waals surface area contributed by atoms with E-state index in [-0.39, 0.29) is 29.1 Å². The van der Waals surface area contributed by atoms with Gasteiger partial charge in [0.15, 0.2) is 5.78 Å². The number of ketones is 2. The van der Waals surface area contributed by atoms with Gasteiger partial charge in [-0.1, -0.05) is 57.5 Å². The largest absolute Gasteiger partial charge is 0.330 e. The number of unbranched alkanes of at least 4 members (excludes halogenated alkanes) is 1. The Morgan fingerprint density at radius 3 is 2.11 bits per heavy atom. The molecule has 4 heteroatoms. The maximum Gasteiger partial charge on any atom is 0.150 e. The van der Waals surface area contributed by atoms with Gasteiger partial charge in [-0.15, -0.1) is 0 Å². The fourth-order valence-corrected chi connectivity index (χ4v) is 3.48. The minimum atomic E-state index is -0.444. The van der Waals surface area contributed by atoms with E-state index in [1.807, 2.05) is 51.1 Å². The van der Waals surface area contributed by atoms with E-state index >= 15 is 0 Å². The predicted molar refractivity (Wildman–Crippen MR) is 117 cm³/mol. The van der Waals surface area contributed by atoms with Crippen LogP contribution in [0.25, 0.3) is 0 Å². The van der Waals surface area contributed by atoms with E-state index in [0.29, 0.717) is 19.4 Å². The number of carbonyl (C=O) groups is 2. The third kappa shape index (κ3) is 9.11. The van der Waals surface area contributed by atoms with Crippen LogP contribution in [0.1, 0.15) is 72.8 Å². The summed E-state index contributed by atoms with van der Waals surface area (Å²) >= 11 is 0. The Bertz CT molecular complexity index is 612. The Morgan fingerprint density at radius 2 is 1.61 bits per heavy atom. The van der Waals surface area contributed by atoms with Crippen molar-refractivity contribution in [1.82, 2.24) is 5.32 Å². The van der Waals surface area contributed by atoms with Gasteiger partial charge in [-0.25, -0.2) is 0 Å². The summed E-state index contributed by atoms with van der Waals surface area (Å²) in [5.74, 6) is 0.0558. The minimum Gasteiger partial charge on any atom is -0.330 e. The average Bonchev–Trinajstić information content (AvgIpc) is 2.58. The van der Waals surface area contributed by atoms with Crippen molar-refractivity contribution in [2.45, 2.75) is 85.2 Å². The van der Waals surface area contributed by atoms with Gasteiger partial charge in [0.05, 0.1) is 6.04 Å². The van der Waals surface area contributed by atoms with E-state index in [9.17, 15) is 9.59 Å². The van der Waals surface area contributed by atoms with Gasteiger partial charge in [-0.2, -0.15) is 0 Å². The zero-order valence-corrected chi connectivity index (χ0v) is 18.7. The highest BCUT2D eigenvalue weighted by Crippen LogP contribution is 2.27. The summed E-state index contributed by atoms with van der Waals surface area (Å²) in [6, 6.07) is 9.76. The van der Waals surface area contributed by atoms with Crippen molar-refractivity contribution < 1.29 is 9.59 Å². The fraction of sp³-hybridized carbons (Fsp3) is 0.667. The molecule has 1 aromatic carbocycles. The van der Waals surface area contributed by atoms with Crippen LogP contribution in [0.3, 0.4) is 0 Å². The van der Waals surface area contributed by atoms with Crippen LogP contribution in [0, 0.1) is 11.3 Å². The lowest BCUT2D eigenvalue weighted by Crippen LogP contribution is -2.49. The van der Waals surface area contributed by atoms with Crippen molar-refractivity contribution in [3.63, 3.8) is 0 Å². The van der Waals surface area contributed by atoms with E-state index in [1.165, 1.54) is 0 Å². The molecule has 2 atom stereocenters. The van der Waals surface area contributed by atoms with Gasteiger partial charge in [0, 0.05) is 23.3 Å². The second kappa shape index (κ2) is 10.9. The number of nitrogens with two attached hydrogens (primary N) is 1. The molecule has 1 aromatic rings. The number of benzene rings is 1. The number of hydrogen-bond acceptors (Lipinski definition) is 4. The predicted octanol–water partition coefficient (Wildman–Crippen LogP) is 4.31. The second-order valence-corrected chi connectivity index (χ2v) is 9.90. The van der Waals surface area contributed by atoms with Crippen molar-refractivity contribution >= 4 is 11.6 Å². The quantitative estimate of drug-likeness (QED) is 0.554. The molecule has 0 aliphatic heterocycles. The molecular formula is C24H40N2O2. The zero-order valence-electron chi connectivity index (χ0n) is 18.7. The molecule has 0 aliphatic carbocycles. The first-order valence-electron chi connectivity index (χ1n) is 10.5. The minimum absolute atomic E-state index is 0.120. The van der Waals surface area contributed by atoms with Crippen LogP contribution in [0.4, 0.5) is 0 Å². The number of nitrogens with one attached hydrogen (secondary N) is 1. The SMILES string of the molecule is CC(C)(C)N[C@@H](Cc1ccccc1)C(=O)C[C@@H](CCCCN)C(=O)C(C)(C)C. The lowest BCUT2D eigenvalue weighted by Gasteiger charge is -2.30. The maximum absolute atomic E-state index is 13.3. The van der Waals surface area contributed by atoms with Gasteiger partial charge < -0.3 is 11.1 Å². The van der Waals surface area contributed by atoms with Gasteiger partial charge in [-0.05, 0) is 52.1 Å². The van der Waals surface area contributed by atoms with Crippen molar-refractivity contribution in [2.75, 3.05) is 6.54 Å². The molecule has 0 fully saturated rings. The Morgan fingerprint density at radius 1 is 1.00 bits per heavy atom. The molecule has 0 aromatic heterocycles. The lowest BCUT2D eigenvalue weighted by molar-refractivity contribution is -0.134. The van der Waals surface area contributed by atoms with Crippen LogP contribution < -0.4 is 11.1 Å². The molecule has 0 heterocycles. The summed E-state index contributed by atoms with van der Waals surface area (Å²) in [6.45, 7) is 12.6. The Balaban J connectivity index is 2.97. The summed E-state index contributed by atoms with van der Waals surface area (Å²) < 4.78 is 0. The smallest absolute Gasteiger partial charge is 0.150 e. The van der Waals surface area contributed by atoms with Gasteiger partial charge in [0.25, 0.3) is 0 Å². The topological polar surface area (TPSA) is 72.2 Å². The van der Waals surface area contributed by atoms with E-state index in [2.05, 4.69) is 26.1 Å². The van der Waals surface area contributed by atoms with Gasteiger partial charge in [-0.3, -0.25) is 9.59 Å². The maximum atomic E-state index is 13.3. The summed E-state index contributed by atoms with van der Waals surface area (Å²) in [4.78, 5) is 26.2. The summed E-state index contributed by atoms with van der Waals surface area (Å²) in [5, 5.41) is 3.47. The van der Waals surface area contributed by atoms with E-state index in [1.54, 1.807) is 0 Å². The highest BCUT2D eigenvalue weighted by molar-refractivity contribution is 5.92. The monoisotopic (exact) mass is 388 g/mol. The first-order valence-corrected chi connectivity index (χ1v) is 10.5. The number of Topliss-reactive ketones (excluding diaryl/α,β-unsaturated/α-hetero) is 2. The van der Waals surface area contributed by atoms with Crippen molar-refractivity contribution in [3.8, 4) is 0 Å². The second-order valence-electron chi connectivity index (χ2n) is 9.90. The number of carbonyl (C=O) groups excluding carboxylic acids is 2. The molecule has 4 nitrogen and oxygen atoms in total. The van der Waals surface area contributed by atoms with Crippen molar-refractivity contribution in [3.05, 3.63) is 35.9 Å². The molecule has 158 valence electrons. The molecule has 28 heavy (non-hydrogen) atoms. The first-order chi connectivity index (χ1) is 12.9.